The summed E-state index contributed by atoms with van der Waals surface area (Å²) >= 11 is 6.47. The Hall–Kier alpha value is -2.96. The Balaban J connectivity index is 1.50. The molecule has 0 aliphatic heterocycles. The van der Waals surface area contributed by atoms with Crippen molar-refractivity contribution in [3.8, 4) is 11.5 Å². The molecule has 0 unspecified atom stereocenters. The molecule has 6 nitrogen and oxygen atoms in total. The number of aryl methyl sites for hydroxylation is 1. The van der Waals surface area contributed by atoms with Crippen LogP contribution in [0.25, 0.3) is 10.9 Å². The van der Waals surface area contributed by atoms with Crippen molar-refractivity contribution >= 4 is 34.2 Å². The van der Waals surface area contributed by atoms with Gasteiger partial charge in [-0.05, 0) is 81.0 Å². The molecule has 1 aliphatic carbocycles. The van der Waals surface area contributed by atoms with Gasteiger partial charge >= 0.3 is 0 Å². The number of ketones is 1. The van der Waals surface area contributed by atoms with Crippen LogP contribution in [0, 0.1) is 12.8 Å². The fraction of sp³-hybridized carbons (Fsp3) is 0.393. The second-order valence-corrected chi connectivity index (χ2v) is 9.79. The van der Waals surface area contributed by atoms with Crippen molar-refractivity contribution in [3.05, 3.63) is 64.3 Å². The molecule has 4 rings (SSSR count). The number of aromatic nitrogens is 1. The number of Topliss-reactive ketones (excluding diaryl/α,β-unsaturated/α-hetero) is 1. The molecule has 1 aromatic heterocycles. The number of benzene rings is 2. The number of fused-ring (bicyclic) bond motifs is 1. The Morgan fingerprint density at radius 1 is 1.17 bits per heavy atom. The summed E-state index contributed by atoms with van der Waals surface area (Å²) in [5.41, 5.74) is 2.92. The predicted octanol–water partition coefficient (Wildman–Crippen LogP) is 6.06. The van der Waals surface area contributed by atoms with Crippen LogP contribution in [0.2, 0.25) is 5.02 Å². The fourth-order valence-corrected chi connectivity index (χ4v) is 4.19. The number of amides is 1. The number of nitrogens with one attached hydrogen (secondary N) is 1. The van der Waals surface area contributed by atoms with E-state index in [0.29, 0.717) is 54.0 Å². The zero-order chi connectivity index (χ0) is 24.9. The molecule has 1 N–H and O–H groups in total. The van der Waals surface area contributed by atoms with E-state index >= 15 is 0 Å². The third-order valence-corrected chi connectivity index (χ3v) is 6.34. The highest BCUT2D eigenvalue weighted by molar-refractivity contribution is 6.31. The van der Waals surface area contributed by atoms with Gasteiger partial charge in [-0.3, -0.25) is 14.6 Å². The number of carbonyl (C=O) groups is 2. The third kappa shape index (κ3) is 6.80. The predicted molar refractivity (Wildman–Crippen MR) is 137 cm³/mol. The Labute approximate surface area is 211 Å². The minimum Gasteiger partial charge on any atom is -0.457 e. The van der Waals surface area contributed by atoms with Crippen LogP contribution < -0.4 is 10.1 Å². The third-order valence-electron chi connectivity index (χ3n) is 5.98. The summed E-state index contributed by atoms with van der Waals surface area (Å²) in [7, 11) is 0. The van der Waals surface area contributed by atoms with Gasteiger partial charge in [0, 0.05) is 41.6 Å². The molecule has 3 aromatic rings. The summed E-state index contributed by atoms with van der Waals surface area (Å²) in [5, 5.41) is 4.13. The van der Waals surface area contributed by atoms with Gasteiger partial charge in [0.15, 0.2) is 0 Å². The van der Waals surface area contributed by atoms with Gasteiger partial charge in [-0.25, -0.2) is 0 Å². The van der Waals surface area contributed by atoms with E-state index in [1.54, 1.807) is 24.4 Å². The average molecular weight is 495 g/mol. The smallest absolute Gasteiger partial charge is 0.251 e. The Morgan fingerprint density at radius 2 is 1.97 bits per heavy atom. The number of hydrogen-bond donors (Lipinski definition) is 1. The second kappa shape index (κ2) is 11.2. The highest BCUT2D eigenvalue weighted by Crippen LogP contribution is 2.35. The van der Waals surface area contributed by atoms with Crippen molar-refractivity contribution in [2.45, 2.75) is 52.6 Å². The molecule has 2 aromatic carbocycles. The first kappa shape index (κ1) is 25.1. The van der Waals surface area contributed by atoms with E-state index in [-0.39, 0.29) is 17.8 Å². The van der Waals surface area contributed by atoms with Crippen LogP contribution in [0.5, 0.6) is 11.5 Å². The van der Waals surface area contributed by atoms with Gasteiger partial charge in [-0.15, -0.1) is 0 Å². The van der Waals surface area contributed by atoms with E-state index in [2.05, 4.69) is 10.3 Å². The Morgan fingerprint density at radius 3 is 2.69 bits per heavy atom. The van der Waals surface area contributed by atoms with E-state index in [1.165, 1.54) is 0 Å². The molecular formula is C28H31ClN2O4. The van der Waals surface area contributed by atoms with Crippen molar-refractivity contribution in [2.24, 2.45) is 5.92 Å². The van der Waals surface area contributed by atoms with Crippen LogP contribution in [-0.4, -0.2) is 35.9 Å². The normalized spacial score (nSPS) is 13.3. The van der Waals surface area contributed by atoms with Gasteiger partial charge in [0.25, 0.3) is 5.91 Å². The Kier molecular flexibility index (Phi) is 8.04. The number of rotatable bonds is 11. The number of ether oxygens (including phenoxy) is 2. The minimum atomic E-state index is -0.171. The summed E-state index contributed by atoms with van der Waals surface area (Å²) in [6.45, 7) is 6.68. The van der Waals surface area contributed by atoms with E-state index in [9.17, 15) is 9.59 Å². The molecule has 0 saturated heterocycles. The lowest BCUT2D eigenvalue weighted by Gasteiger charge is -2.13. The highest BCUT2D eigenvalue weighted by Gasteiger charge is 2.24. The summed E-state index contributed by atoms with van der Waals surface area (Å²) in [6, 6.07) is 10.8. The summed E-state index contributed by atoms with van der Waals surface area (Å²) in [4.78, 5) is 29.5. The lowest BCUT2D eigenvalue weighted by atomic mass is 10.0. The van der Waals surface area contributed by atoms with E-state index in [4.69, 9.17) is 21.1 Å². The number of pyridine rings is 1. The van der Waals surface area contributed by atoms with Gasteiger partial charge in [0.1, 0.15) is 17.3 Å². The highest BCUT2D eigenvalue weighted by atomic mass is 35.5. The van der Waals surface area contributed by atoms with Crippen LogP contribution in [0.1, 0.15) is 54.6 Å². The van der Waals surface area contributed by atoms with Gasteiger partial charge < -0.3 is 14.8 Å². The lowest BCUT2D eigenvalue weighted by molar-refractivity contribution is -0.118. The van der Waals surface area contributed by atoms with E-state index in [1.807, 2.05) is 39.0 Å². The van der Waals surface area contributed by atoms with Crippen molar-refractivity contribution in [2.75, 3.05) is 13.2 Å². The molecule has 7 heteroatoms. The molecule has 0 bridgehead atoms. The monoisotopic (exact) mass is 494 g/mol. The quantitative estimate of drug-likeness (QED) is 0.328. The maximum Gasteiger partial charge on any atom is 0.251 e. The molecule has 0 atom stereocenters. The molecule has 0 radical (unpaired) electrons. The van der Waals surface area contributed by atoms with Gasteiger partial charge in [-0.1, -0.05) is 17.7 Å². The molecule has 1 amide bonds. The van der Waals surface area contributed by atoms with Gasteiger partial charge in [-0.2, -0.15) is 0 Å². The first-order valence-electron chi connectivity index (χ1n) is 12.1. The van der Waals surface area contributed by atoms with E-state index in [0.717, 1.165) is 34.9 Å². The fourth-order valence-electron chi connectivity index (χ4n) is 3.95. The summed E-state index contributed by atoms with van der Waals surface area (Å²) in [5.74, 6) is 1.74. The minimum absolute atomic E-state index is 0.117. The summed E-state index contributed by atoms with van der Waals surface area (Å²) in [6.07, 6.45) is 5.08. The van der Waals surface area contributed by atoms with Crippen LogP contribution >= 0.6 is 11.6 Å². The number of nitrogens with zero attached hydrogens (tertiary/aromatic N) is 1. The average Bonchev–Trinajstić information content (AvgIpc) is 3.62. The SMILES string of the molecule is Cc1cc2nccc(Oc3ccc(CC(=O)CC4CC4)c(Cl)c3)c2cc1C(=O)NCCOC(C)C. The molecule has 1 fully saturated rings. The zero-order valence-electron chi connectivity index (χ0n) is 20.4. The van der Waals surface area contributed by atoms with Crippen molar-refractivity contribution < 1.29 is 19.1 Å². The number of hydrogen-bond acceptors (Lipinski definition) is 5. The standard InChI is InChI=1S/C28H31ClN2O4/c1-17(2)34-11-10-31-28(33)23-16-24-26(12-18(23)3)30-9-8-27(24)35-22-7-6-20(25(29)15-22)14-21(32)13-19-4-5-19/h6-9,12,15-17,19H,4-5,10-11,13-14H2,1-3H3,(H,31,33). The van der Waals surface area contributed by atoms with Gasteiger partial charge in [0.2, 0.25) is 0 Å². The number of carbonyl (C=O) groups excluding carboxylic acids is 2. The van der Waals surface area contributed by atoms with Crippen LogP contribution in [0.3, 0.4) is 0 Å². The first-order chi connectivity index (χ1) is 16.8. The van der Waals surface area contributed by atoms with Crippen molar-refractivity contribution in [1.82, 2.24) is 10.3 Å². The first-order valence-corrected chi connectivity index (χ1v) is 12.4. The molecule has 1 saturated carbocycles. The molecule has 0 spiro atoms. The van der Waals surface area contributed by atoms with Crippen molar-refractivity contribution in [1.29, 1.82) is 0 Å². The second-order valence-electron chi connectivity index (χ2n) is 9.39. The van der Waals surface area contributed by atoms with Crippen LogP contribution in [-0.2, 0) is 16.0 Å². The number of halogens is 1. The van der Waals surface area contributed by atoms with Crippen LogP contribution in [0.15, 0.2) is 42.6 Å². The van der Waals surface area contributed by atoms with E-state index < -0.39 is 0 Å². The zero-order valence-corrected chi connectivity index (χ0v) is 21.2. The maximum absolute atomic E-state index is 12.8. The molecule has 184 valence electrons. The Bertz CT molecular complexity index is 1240. The maximum atomic E-state index is 12.8. The topological polar surface area (TPSA) is 77.5 Å². The molecule has 1 aliphatic rings. The molecule has 1 heterocycles. The summed E-state index contributed by atoms with van der Waals surface area (Å²) < 4.78 is 11.6. The largest absolute Gasteiger partial charge is 0.457 e. The van der Waals surface area contributed by atoms with Crippen molar-refractivity contribution in [3.63, 3.8) is 0 Å². The van der Waals surface area contributed by atoms with Crippen LogP contribution in [0.4, 0.5) is 0 Å². The lowest BCUT2D eigenvalue weighted by Crippen LogP contribution is -2.28. The molecule has 35 heavy (non-hydrogen) atoms. The van der Waals surface area contributed by atoms with Gasteiger partial charge in [0.05, 0.1) is 18.2 Å². The molecular weight excluding hydrogens is 464 g/mol.